The molecule has 0 spiro atoms. The van der Waals surface area contributed by atoms with Crippen molar-refractivity contribution in [2.45, 2.75) is 0 Å². The lowest BCUT2D eigenvalue weighted by Gasteiger charge is -2.06. The van der Waals surface area contributed by atoms with Gasteiger partial charge in [0.05, 0.1) is 32.2 Å². The molecule has 6 nitrogen and oxygen atoms in total. The Hall–Kier alpha value is -1.40. The Morgan fingerprint density at radius 2 is 2.00 bits per heavy atom. The summed E-state index contributed by atoms with van der Waals surface area (Å²) in [6.07, 6.45) is 3.19. The largest absolute Gasteiger partial charge is 0.474 e. The van der Waals surface area contributed by atoms with Crippen molar-refractivity contribution in [3.63, 3.8) is 0 Å². The third-order valence-corrected chi connectivity index (χ3v) is 1.78. The van der Waals surface area contributed by atoms with Gasteiger partial charge in [0.25, 0.3) is 0 Å². The number of rotatable bonds is 8. The Bertz CT molecular complexity index is 296. The van der Waals surface area contributed by atoms with Crippen LogP contribution in [0.2, 0.25) is 0 Å². The molecule has 0 amide bonds. The summed E-state index contributed by atoms with van der Waals surface area (Å²) in [5.74, 6) is 1.17. The van der Waals surface area contributed by atoms with Crippen molar-refractivity contribution in [2.24, 2.45) is 0 Å². The van der Waals surface area contributed by atoms with E-state index in [1.807, 2.05) is 0 Å². The zero-order valence-corrected chi connectivity index (χ0v) is 9.60. The molecule has 1 aromatic rings. The molecule has 0 bridgehead atoms. The zero-order valence-electron chi connectivity index (χ0n) is 9.60. The standard InChI is InChI=1S/C10H17N3O3/c1-11-9-7-12-8-10(13-9)16-6-5-15-4-3-14-2/h7-8H,3-6H2,1-2H3,(H,11,13). The lowest BCUT2D eigenvalue weighted by Crippen LogP contribution is -2.10. The van der Waals surface area contributed by atoms with Gasteiger partial charge in [-0.2, -0.15) is 4.98 Å². The smallest absolute Gasteiger partial charge is 0.234 e. The van der Waals surface area contributed by atoms with Gasteiger partial charge in [-0.15, -0.1) is 0 Å². The van der Waals surface area contributed by atoms with Crippen molar-refractivity contribution in [1.29, 1.82) is 0 Å². The van der Waals surface area contributed by atoms with E-state index in [0.717, 1.165) is 0 Å². The van der Waals surface area contributed by atoms with Crippen LogP contribution in [-0.4, -0.2) is 50.6 Å². The molecule has 6 heteroatoms. The second-order valence-corrected chi connectivity index (χ2v) is 2.95. The number of hydrogen-bond acceptors (Lipinski definition) is 6. The molecule has 1 N–H and O–H groups in total. The lowest BCUT2D eigenvalue weighted by atomic mass is 10.6. The maximum Gasteiger partial charge on any atom is 0.234 e. The minimum atomic E-state index is 0.450. The third kappa shape index (κ3) is 4.90. The number of aromatic nitrogens is 2. The zero-order chi connectivity index (χ0) is 11.6. The number of ether oxygens (including phenoxy) is 3. The first kappa shape index (κ1) is 12.7. The summed E-state index contributed by atoms with van der Waals surface area (Å²) < 4.78 is 15.4. The summed E-state index contributed by atoms with van der Waals surface area (Å²) in [5.41, 5.74) is 0. The van der Waals surface area contributed by atoms with E-state index in [9.17, 15) is 0 Å². The van der Waals surface area contributed by atoms with Gasteiger partial charge in [0, 0.05) is 14.2 Å². The molecule has 90 valence electrons. The average Bonchev–Trinajstić information content (AvgIpc) is 2.34. The van der Waals surface area contributed by atoms with Crippen LogP contribution < -0.4 is 10.1 Å². The Labute approximate surface area is 95.0 Å². The fourth-order valence-corrected chi connectivity index (χ4v) is 0.988. The van der Waals surface area contributed by atoms with Crippen LogP contribution >= 0.6 is 0 Å². The van der Waals surface area contributed by atoms with E-state index in [4.69, 9.17) is 14.2 Å². The van der Waals surface area contributed by atoms with E-state index in [-0.39, 0.29) is 0 Å². The number of methoxy groups -OCH3 is 1. The van der Waals surface area contributed by atoms with Crippen molar-refractivity contribution < 1.29 is 14.2 Å². The van der Waals surface area contributed by atoms with E-state index in [1.165, 1.54) is 0 Å². The maximum absolute atomic E-state index is 5.35. The molecule has 0 fully saturated rings. The number of nitrogens with one attached hydrogen (secondary N) is 1. The fourth-order valence-electron chi connectivity index (χ4n) is 0.988. The van der Waals surface area contributed by atoms with Crippen molar-refractivity contribution >= 4 is 5.82 Å². The van der Waals surface area contributed by atoms with Crippen LogP contribution in [0.4, 0.5) is 5.82 Å². The predicted molar refractivity (Wildman–Crippen MR) is 59.8 cm³/mol. The minimum Gasteiger partial charge on any atom is -0.474 e. The van der Waals surface area contributed by atoms with Crippen LogP contribution in [0.25, 0.3) is 0 Å². The second kappa shape index (κ2) is 7.84. The molecule has 0 radical (unpaired) electrons. The fraction of sp³-hybridized carbons (Fsp3) is 0.600. The molecule has 16 heavy (non-hydrogen) atoms. The molecule has 1 rings (SSSR count). The molecule has 1 aromatic heterocycles. The van der Waals surface area contributed by atoms with E-state index in [0.29, 0.717) is 38.1 Å². The van der Waals surface area contributed by atoms with Gasteiger partial charge in [0.15, 0.2) is 0 Å². The molecule has 0 unspecified atom stereocenters. The summed E-state index contributed by atoms with van der Waals surface area (Å²) in [7, 11) is 3.42. The quantitative estimate of drug-likeness (QED) is 0.655. The number of nitrogens with zero attached hydrogens (tertiary/aromatic N) is 2. The van der Waals surface area contributed by atoms with Gasteiger partial charge >= 0.3 is 0 Å². The minimum absolute atomic E-state index is 0.450. The average molecular weight is 227 g/mol. The van der Waals surface area contributed by atoms with Gasteiger partial charge in [-0.1, -0.05) is 0 Å². The highest BCUT2D eigenvalue weighted by molar-refractivity contribution is 5.31. The normalized spacial score (nSPS) is 10.1. The highest BCUT2D eigenvalue weighted by Crippen LogP contribution is 2.07. The molecule has 0 saturated heterocycles. The monoisotopic (exact) mass is 227 g/mol. The summed E-state index contributed by atoms with van der Waals surface area (Å²) in [5, 5.41) is 2.88. The molecule has 0 aliphatic heterocycles. The summed E-state index contributed by atoms with van der Waals surface area (Å²) in [6, 6.07) is 0. The Morgan fingerprint density at radius 3 is 2.75 bits per heavy atom. The van der Waals surface area contributed by atoms with Crippen LogP contribution in [0.5, 0.6) is 5.88 Å². The van der Waals surface area contributed by atoms with Crippen LogP contribution in [0.15, 0.2) is 12.4 Å². The van der Waals surface area contributed by atoms with E-state index < -0.39 is 0 Å². The molecule has 0 aliphatic carbocycles. The molecule has 0 aliphatic rings. The first-order chi connectivity index (χ1) is 7.86. The van der Waals surface area contributed by atoms with Gasteiger partial charge in [0.1, 0.15) is 12.4 Å². The second-order valence-electron chi connectivity index (χ2n) is 2.95. The highest BCUT2D eigenvalue weighted by atomic mass is 16.5. The summed E-state index contributed by atoms with van der Waals surface area (Å²) >= 11 is 0. The van der Waals surface area contributed by atoms with Crippen molar-refractivity contribution in [3.05, 3.63) is 12.4 Å². The van der Waals surface area contributed by atoms with Gasteiger partial charge < -0.3 is 19.5 Å². The summed E-state index contributed by atoms with van der Waals surface area (Å²) in [6.45, 7) is 2.12. The highest BCUT2D eigenvalue weighted by Gasteiger charge is 1.97. The van der Waals surface area contributed by atoms with Gasteiger partial charge in [-0.3, -0.25) is 4.98 Å². The molecule has 0 saturated carbocycles. The summed E-state index contributed by atoms with van der Waals surface area (Å²) in [4.78, 5) is 8.12. The lowest BCUT2D eigenvalue weighted by molar-refractivity contribution is 0.0536. The van der Waals surface area contributed by atoms with Crippen LogP contribution in [0, 0.1) is 0 Å². The Morgan fingerprint density at radius 1 is 1.19 bits per heavy atom. The van der Waals surface area contributed by atoms with Crippen LogP contribution in [0.1, 0.15) is 0 Å². The molecule has 0 atom stereocenters. The number of anilines is 1. The van der Waals surface area contributed by atoms with Gasteiger partial charge in [0.2, 0.25) is 5.88 Å². The van der Waals surface area contributed by atoms with Crippen molar-refractivity contribution in [3.8, 4) is 5.88 Å². The van der Waals surface area contributed by atoms with E-state index >= 15 is 0 Å². The topological polar surface area (TPSA) is 65.5 Å². The van der Waals surface area contributed by atoms with Crippen LogP contribution in [0.3, 0.4) is 0 Å². The molecule has 0 aromatic carbocycles. The third-order valence-electron chi connectivity index (χ3n) is 1.78. The SMILES string of the molecule is CNc1cncc(OCCOCCOC)n1. The first-order valence-electron chi connectivity index (χ1n) is 5.06. The molecular formula is C10H17N3O3. The van der Waals surface area contributed by atoms with Crippen molar-refractivity contribution in [1.82, 2.24) is 9.97 Å². The maximum atomic E-state index is 5.35. The van der Waals surface area contributed by atoms with E-state index in [1.54, 1.807) is 26.6 Å². The van der Waals surface area contributed by atoms with Crippen LogP contribution in [-0.2, 0) is 9.47 Å². The van der Waals surface area contributed by atoms with Gasteiger partial charge in [-0.25, -0.2) is 0 Å². The van der Waals surface area contributed by atoms with Crippen molar-refractivity contribution in [2.75, 3.05) is 45.9 Å². The first-order valence-corrected chi connectivity index (χ1v) is 5.06. The Balaban J connectivity index is 2.16. The predicted octanol–water partition coefficient (Wildman–Crippen LogP) is 0.560. The Kier molecular flexibility index (Phi) is 6.20. The molecule has 1 heterocycles. The van der Waals surface area contributed by atoms with Gasteiger partial charge in [-0.05, 0) is 0 Å². The van der Waals surface area contributed by atoms with E-state index in [2.05, 4.69) is 15.3 Å². The molecular weight excluding hydrogens is 210 g/mol. The number of hydrogen-bond donors (Lipinski definition) is 1.